The molecule has 3 heteroatoms. The molecule has 0 bridgehead atoms. The van der Waals surface area contributed by atoms with Crippen LogP contribution in [0.4, 0.5) is 0 Å². The zero-order valence-corrected chi connectivity index (χ0v) is 9.82. The first-order chi connectivity index (χ1) is 7.67. The van der Waals surface area contributed by atoms with Crippen molar-refractivity contribution in [2.45, 2.75) is 32.6 Å². The van der Waals surface area contributed by atoms with E-state index in [1.54, 1.807) is 7.11 Å². The van der Waals surface area contributed by atoms with Crippen LogP contribution in [0.5, 0.6) is 5.75 Å². The fourth-order valence-electron chi connectivity index (χ4n) is 1.70. The van der Waals surface area contributed by atoms with E-state index in [0.717, 1.165) is 29.7 Å². The van der Waals surface area contributed by atoms with Crippen molar-refractivity contribution in [3.63, 3.8) is 0 Å². The molecule has 0 saturated carbocycles. The third-order valence-electron chi connectivity index (χ3n) is 2.49. The van der Waals surface area contributed by atoms with Gasteiger partial charge in [-0.2, -0.15) is 0 Å². The lowest BCUT2D eigenvalue weighted by atomic mass is 10.0. The monoisotopic (exact) mass is 222 g/mol. The molecule has 1 N–H and O–H groups in total. The van der Waals surface area contributed by atoms with Gasteiger partial charge in [0.2, 0.25) is 0 Å². The van der Waals surface area contributed by atoms with Gasteiger partial charge in [-0.1, -0.05) is 25.5 Å². The van der Waals surface area contributed by atoms with Crippen molar-refractivity contribution in [2.24, 2.45) is 0 Å². The van der Waals surface area contributed by atoms with Crippen LogP contribution < -0.4 is 4.74 Å². The SMILES string of the molecule is CCCc1cc(CCC(=O)O)ccc1OC. The number of carboxylic acids is 1. The zero-order chi connectivity index (χ0) is 12.0. The van der Waals surface area contributed by atoms with Crippen molar-refractivity contribution in [3.8, 4) is 5.75 Å². The Kier molecular flexibility index (Phi) is 4.83. The number of benzene rings is 1. The Balaban J connectivity index is 2.79. The van der Waals surface area contributed by atoms with E-state index in [4.69, 9.17) is 9.84 Å². The van der Waals surface area contributed by atoms with Gasteiger partial charge in [-0.25, -0.2) is 0 Å². The van der Waals surface area contributed by atoms with Gasteiger partial charge >= 0.3 is 5.97 Å². The van der Waals surface area contributed by atoms with E-state index in [-0.39, 0.29) is 6.42 Å². The minimum Gasteiger partial charge on any atom is -0.496 e. The highest BCUT2D eigenvalue weighted by Crippen LogP contribution is 2.22. The van der Waals surface area contributed by atoms with Crippen LogP contribution in [0.25, 0.3) is 0 Å². The minimum atomic E-state index is -0.757. The predicted molar refractivity (Wildman–Crippen MR) is 62.9 cm³/mol. The summed E-state index contributed by atoms with van der Waals surface area (Å²) in [4.78, 5) is 10.5. The first kappa shape index (κ1) is 12.6. The lowest BCUT2D eigenvalue weighted by molar-refractivity contribution is -0.136. The number of aryl methyl sites for hydroxylation is 2. The lowest BCUT2D eigenvalue weighted by Crippen LogP contribution is -1.99. The largest absolute Gasteiger partial charge is 0.496 e. The van der Waals surface area contributed by atoms with Gasteiger partial charge in [-0.3, -0.25) is 4.79 Å². The summed E-state index contributed by atoms with van der Waals surface area (Å²) >= 11 is 0. The maximum atomic E-state index is 10.5. The van der Waals surface area contributed by atoms with Crippen molar-refractivity contribution in [1.82, 2.24) is 0 Å². The van der Waals surface area contributed by atoms with Gasteiger partial charge in [0.1, 0.15) is 5.75 Å². The summed E-state index contributed by atoms with van der Waals surface area (Å²) in [6.45, 7) is 2.11. The molecule has 0 spiro atoms. The number of carboxylic acid groups (broad SMARTS) is 1. The quantitative estimate of drug-likeness (QED) is 0.804. The van der Waals surface area contributed by atoms with Gasteiger partial charge in [0.15, 0.2) is 0 Å². The van der Waals surface area contributed by atoms with E-state index >= 15 is 0 Å². The van der Waals surface area contributed by atoms with Crippen molar-refractivity contribution in [1.29, 1.82) is 0 Å². The highest BCUT2D eigenvalue weighted by molar-refractivity contribution is 5.67. The number of hydrogen-bond donors (Lipinski definition) is 1. The van der Waals surface area contributed by atoms with Crippen molar-refractivity contribution in [3.05, 3.63) is 29.3 Å². The van der Waals surface area contributed by atoms with Gasteiger partial charge in [0, 0.05) is 6.42 Å². The molecule has 88 valence electrons. The van der Waals surface area contributed by atoms with Gasteiger partial charge in [-0.05, 0) is 30.0 Å². The average Bonchev–Trinajstić information content (AvgIpc) is 2.27. The molecule has 0 aromatic heterocycles. The third kappa shape index (κ3) is 3.57. The van der Waals surface area contributed by atoms with E-state index in [2.05, 4.69) is 6.92 Å². The van der Waals surface area contributed by atoms with Crippen LogP contribution in [0.3, 0.4) is 0 Å². The third-order valence-corrected chi connectivity index (χ3v) is 2.49. The fraction of sp³-hybridized carbons (Fsp3) is 0.462. The molecular formula is C13H18O3. The lowest BCUT2D eigenvalue weighted by Gasteiger charge is -2.09. The molecule has 0 radical (unpaired) electrons. The van der Waals surface area contributed by atoms with Crippen LogP contribution in [-0.2, 0) is 17.6 Å². The fourth-order valence-corrected chi connectivity index (χ4v) is 1.70. The zero-order valence-electron chi connectivity index (χ0n) is 9.82. The topological polar surface area (TPSA) is 46.5 Å². The van der Waals surface area contributed by atoms with E-state index in [1.807, 2.05) is 18.2 Å². The summed E-state index contributed by atoms with van der Waals surface area (Å²) in [6.07, 6.45) is 2.77. The number of hydrogen-bond acceptors (Lipinski definition) is 2. The molecule has 0 unspecified atom stereocenters. The number of carbonyl (C=O) groups is 1. The Hall–Kier alpha value is -1.51. The standard InChI is InChI=1S/C13H18O3/c1-3-4-11-9-10(6-8-13(14)15)5-7-12(11)16-2/h5,7,9H,3-4,6,8H2,1-2H3,(H,14,15). The predicted octanol–water partition coefficient (Wildman–Crippen LogP) is 2.66. The molecule has 1 aromatic rings. The Morgan fingerprint density at radius 3 is 2.69 bits per heavy atom. The molecule has 0 heterocycles. The molecule has 0 aliphatic carbocycles. The van der Waals surface area contributed by atoms with E-state index < -0.39 is 5.97 Å². The molecule has 16 heavy (non-hydrogen) atoms. The van der Waals surface area contributed by atoms with Gasteiger partial charge in [0.05, 0.1) is 7.11 Å². The average molecular weight is 222 g/mol. The Bertz CT molecular complexity index is 358. The first-order valence-corrected chi connectivity index (χ1v) is 5.55. The molecule has 3 nitrogen and oxygen atoms in total. The van der Waals surface area contributed by atoms with Gasteiger partial charge < -0.3 is 9.84 Å². The summed E-state index contributed by atoms with van der Waals surface area (Å²) in [5, 5.41) is 8.62. The minimum absolute atomic E-state index is 0.178. The molecule has 0 aliphatic rings. The molecule has 1 rings (SSSR count). The van der Waals surface area contributed by atoms with E-state index in [1.165, 1.54) is 0 Å². The summed E-state index contributed by atoms with van der Waals surface area (Å²) in [5.74, 6) is 0.133. The first-order valence-electron chi connectivity index (χ1n) is 5.55. The van der Waals surface area contributed by atoms with Crippen LogP contribution in [-0.4, -0.2) is 18.2 Å². The second-order valence-electron chi connectivity index (χ2n) is 3.79. The van der Waals surface area contributed by atoms with E-state index in [9.17, 15) is 4.79 Å². The Morgan fingerprint density at radius 1 is 1.38 bits per heavy atom. The summed E-state index contributed by atoms with van der Waals surface area (Å²) in [6, 6.07) is 5.90. The van der Waals surface area contributed by atoms with Crippen LogP contribution >= 0.6 is 0 Å². The van der Waals surface area contributed by atoms with Crippen molar-refractivity contribution in [2.75, 3.05) is 7.11 Å². The Labute approximate surface area is 96.1 Å². The highest BCUT2D eigenvalue weighted by Gasteiger charge is 2.05. The maximum Gasteiger partial charge on any atom is 0.303 e. The molecular weight excluding hydrogens is 204 g/mol. The second kappa shape index (κ2) is 6.16. The van der Waals surface area contributed by atoms with Crippen molar-refractivity contribution >= 4 is 5.97 Å². The summed E-state index contributed by atoms with van der Waals surface area (Å²) in [5.41, 5.74) is 2.22. The highest BCUT2D eigenvalue weighted by atomic mass is 16.5. The van der Waals surface area contributed by atoms with Gasteiger partial charge in [-0.15, -0.1) is 0 Å². The molecule has 0 fully saturated rings. The van der Waals surface area contributed by atoms with Crippen LogP contribution in [0.2, 0.25) is 0 Å². The number of methoxy groups -OCH3 is 1. The number of aliphatic carboxylic acids is 1. The summed E-state index contributed by atoms with van der Waals surface area (Å²) in [7, 11) is 1.66. The molecule has 1 aromatic carbocycles. The van der Waals surface area contributed by atoms with Gasteiger partial charge in [0.25, 0.3) is 0 Å². The molecule has 0 amide bonds. The smallest absolute Gasteiger partial charge is 0.303 e. The maximum absolute atomic E-state index is 10.5. The summed E-state index contributed by atoms with van der Waals surface area (Å²) < 4.78 is 5.26. The number of ether oxygens (including phenoxy) is 1. The van der Waals surface area contributed by atoms with Crippen LogP contribution in [0, 0.1) is 0 Å². The number of rotatable bonds is 6. The Morgan fingerprint density at radius 2 is 2.12 bits per heavy atom. The molecule has 0 saturated heterocycles. The van der Waals surface area contributed by atoms with Crippen molar-refractivity contribution < 1.29 is 14.6 Å². The van der Waals surface area contributed by atoms with Crippen LogP contribution in [0.1, 0.15) is 30.9 Å². The van der Waals surface area contributed by atoms with E-state index in [0.29, 0.717) is 6.42 Å². The molecule has 0 aliphatic heterocycles. The molecule has 0 atom stereocenters. The second-order valence-corrected chi connectivity index (χ2v) is 3.79. The van der Waals surface area contributed by atoms with Crippen LogP contribution in [0.15, 0.2) is 18.2 Å². The normalized spacial score (nSPS) is 10.1.